The van der Waals surface area contributed by atoms with Crippen LogP contribution in [0.1, 0.15) is 18.4 Å². The zero-order valence-electron chi connectivity index (χ0n) is 12.6. The summed E-state index contributed by atoms with van der Waals surface area (Å²) in [4.78, 5) is 6.24. The standard InChI is InChI=1S/C18H21FN2O/c19-18-11-16(15-3-7-20-8-4-15)1-2-17(18)12-21-9-5-14(13-22)6-10-21/h1-4,7-8,11,14,22H,5-6,9-10,12-13H2. The summed E-state index contributed by atoms with van der Waals surface area (Å²) in [5, 5.41) is 9.17. The van der Waals surface area contributed by atoms with E-state index in [1.54, 1.807) is 18.5 Å². The SMILES string of the molecule is OCC1CCN(Cc2ccc(-c3ccncc3)cc2F)CC1. The van der Waals surface area contributed by atoms with Crippen LogP contribution in [-0.4, -0.2) is 34.7 Å². The minimum atomic E-state index is -0.154. The van der Waals surface area contributed by atoms with Crippen LogP contribution in [0.25, 0.3) is 11.1 Å². The number of hydrogen-bond donors (Lipinski definition) is 1. The van der Waals surface area contributed by atoms with Crippen molar-refractivity contribution in [1.29, 1.82) is 0 Å². The predicted octanol–water partition coefficient (Wildman–Crippen LogP) is 3.09. The molecular weight excluding hydrogens is 279 g/mol. The molecule has 1 fully saturated rings. The zero-order valence-corrected chi connectivity index (χ0v) is 12.6. The van der Waals surface area contributed by atoms with Gasteiger partial charge in [-0.05, 0) is 61.2 Å². The Balaban J connectivity index is 1.68. The molecule has 3 nitrogen and oxygen atoms in total. The number of halogens is 1. The van der Waals surface area contributed by atoms with Crippen molar-refractivity contribution in [2.24, 2.45) is 5.92 Å². The molecule has 0 spiro atoms. The van der Waals surface area contributed by atoms with Gasteiger partial charge in [-0.3, -0.25) is 9.88 Å². The topological polar surface area (TPSA) is 36.4 Å². The average Bonchev–Trinajstić information content (AvgIpc) is 2.58. The third-order valence-corrected chi connectivity index (χ3v) is 4.43. The highest BCUT2D eigenvalue weighted by Crippen LogP contribution is 2.23. The number of rotatable bonds is 4. The normalized spacial score (nSPS) is 16.8. The molecule has 0 bridgehead atoms. The quantitative estimate of drug-likeness (QED) is 0.942. The van der Waals surface area contributed by atoms with E-state index in [-0.39, 0.29) is 12.4 Å². The van der Waals surface area contributed by atoms with E-state index in [9.17, 15) is 4.39 Å². The molecule has 3 rings (SSSR count). The predicted molar refractivity (Wildman–Crippen MR) is 84.7 cm³/mol. The molecule has 1 aliphatic heterocycles. The fourth-order valence-corrected chi connectivity index (χ4v) is 2.97. The van der Waals surface area contributed by atoms with Crippen LogP contribution in [0.4, 0.5) is 4.39 Å². The molecule has 0 atom stereocenters. The van der Waals surface area contributed by atoms with Crippen LogP contribution in [-0.2, 0) is 6.54 Å². The minimum Gasteiger partial charge on any atom is -0.396 e. The van der Waals surface area contributed by atoms with Crippen molar-refractivity contribution in [3.63, 3.8) is 0 Å². The first-order valence-corrected chi connectivity index (χ1v) is 7.78. The molecular formula is C18H21FN2O. The number of piperidine rings is 1. The van der Waals surface area contributed by atoms with E-state index in [1.807, 2.05) is 24.3 Å². The van der Waals surface area contributed by atoms with Crippen molar-refractivity contribution in [2.75, 3.05) is 19.7 Å². The van der Waals surface area contributed by atoms with E-state index in [0.717, 1.165) is 42.6 Å². The summed E-state index contributed by atoms with van der Waals surface area (Å²) in [7, 11) is 0. The van der Waals surface area contributed by atoms with Crippen LogP contribution >= 0.6 is 0 Å². The van der Waals surface area contributed by atoms with Gasteiger partial charge >= 0.3 is 0 Å². The summed E-state index contributed by atoms with van der Waals surface area (Å²) in [6.45, 7) is 2.76. The molecule has 1 aromatic heterocycles. The first-order chi connectivity index (χ1) is 10.8. The molecule has 0 unspecified atom stereocenters. The lowest BCUT2D eigenvalue weighted by molar-refractivity contribution is 0.126. The van der Waals surface area contributed by atoms with E-state index in [4.69, 9.17) is 5.11 Å². The third kappa shape index (κ3) is 3.51. The number of hydrogen-bond acceptors (Lipinski definition) is 3. The van der Waals surface area contributed by atoms with Crippen LogP contribution in [0.15, 0.2) is 42.7 Å². The van der Waals surface area contributed by atoms with Gasteiger partial charge in [0.25, 0.3) is 0 Å². The molecule has 0 amide bonds. The Hall–Kier alpha value is -1.78. The van der Waals surface area contributed by atoms with Crippen LogP contribution in [0.2, 0.25) is 0 Å². The van der Waals surface area contributed by atoms with Crippen LogP contribution in [0.5, 0.6) is 0 Å². The lowest BCUT2D eigenvalue weighted by atomic mass is 9.97. The number of nitrogens with zero attached hydrogens (tertiary/aromatic N) is 2. The fourth-order valence-electron chi connectivity index (χ4n) is 2.97. The van der Waals surface area contributed by atoms with Gasteiger partial charge in [0.2, 0.25) is 0 Å². The first-order valence-electron chi connectivity index (χ1n) is 7.78. The highest BCUT2D eigenvalue weighted by Gasteiger charge is 2.19. The van der Waals surface area contributed by atoms with E-state index in [0.29, 0.717) is 12.5 Å². The lowest BCUT2D eigenvalue weighted by Gasteiger charge is -2.31. The van der Waals surface area contributed by atoms with Crippen LogP contribution < -0.4 is 0 Å². The largest absolute Gasteiger partial charge is 0.396 e. The van der Waals surface area contributed by atoms with Crippen LogP contribution in [0, 0.1) is 11.7 Å². The van der Waals surface area contributed by atoms with Crippen molar-refractivity contribution >= 4 is 0 Å². The summed E-state index contributed by atoms with van der Waals surface area (Å²) in [6, 6.07) is 9.21. The smallest absolute Gasteiger partial charge is 0.128 e. The summed E-state index contributed by atoms with van der Waals surface area (Å²) in [5.74, 6) is 0.258. The number of aliphatic hydroxyl groups excluding tert-OH is 1. The molecule has 2 aromatic rings. The summed E-state index contributed by atoms with van der Waals surface area (Å²) in [6.07, 6.45) is 5.42. The Bertz CT molecular complexity index is 610. The number of likely N-dealkylation sites (tertiary alicyclic amines) is 1. The van der Waals surface area contributed by atoms with E-state index in [2.05, 4.69) is 9.88 Å². The second-order valence-electron chi connectivity index (χ2n) is 5.94. The Morgan fingerprint density at radius 3 is 2.45 bits per heavy atom. The van der Waals surface area contributed by atoms with Gasteiger partial charge in [-0.2, -0.15) is 0 Å². The molecule has 0 saturated carbocycles. The Morgan fingerprint density at radius 2 is 1.82 bits per heavy atom. The molecule has 0 radical (unpaired) electrons. The Kier molecular flexibility index (Phi) is 4.80. The van der Waals surface area contributed by atoms with Gasteiger partial charge in [0.15, 0.2) is 0 Å². The molecule has 4 heteroatoms. The van der Waals surface area contributed by atoms with Crippen LogP contribution in [0.3, 0.4) is 0 Å². The maximum absolute atomic E-state index is 14.4. The maximum atomic E-state index is 14.4. The average molecular weight is 300 g/mol. The Morgan fingerprint density at radius 1 is 1.09 bits per heavy atom. The second-order valence-corrected chi connectivity index (χ2v) is 5.94. The highest BCUT2D eigenvalue weighted by molar-refractivity contribution is 5.63. The Labute approximate surface area is 130 Å². The molecule has 1 N–H and O–H groups in total. The molecule has 22 heavy (non-hydrogen) atoms. The molecule has 1 aliphatic rings. The van der Waals surface area contributed by atoms with Crippen molar-refractivity contribution in [3.8, 4) is 11.1 Å². The minimum absolute atomic E-state index is 0.154. The van der Waals surface area contributed by atoms with E-state index >= 15 is 0 Å². The summed E-state index contributed by atoms with van der Waals surface area (Å²) < 4.78 is 14.4. The van der Waals surface area contributed by atoms with Gasteiger partial charge in [0, 0.05) is 31.1 Å². The van der Waals surface area contributed by atoms with Crippen molar-refractivity contribution in [3.05, 3.63) is 54.1 Å². The maximum Gasteiger partial charge on any atom is 0.128 e. The zero-order chi connectivity index (χ0) is 15.4. The number of benzene rings is 1. The molecule has 0 aliphatic carbocycles. The molecule has 2 heterocycles. The second kappa shape index (κ2) is 6.99. The van der Waals surface area contributed by atoms with Gasteiger partial charge in [-0.1, -0.05) is 12.1 Å². The van der Waals surface area contributed by atoms with Crippen molar-refractivity contribution < 1.29 is 9.50 Å². The van der Waals surface area contributed by atoms with Gasteiger partial charge < -0.3 is 5.11 Å². The number of pyridine rings is 1. The van der Waals surface area contributed by atoms with Crippen molar-refractivity contribution in [2.45, 2.75) is 19.4 Å². The number of aromatic nitrogens is 1. The number of aliphatic hydroxyl groups is 1. The monoisotopic (exact) mass is 300 g/mol. The van der Waals surface area contributed by atoms with Gasteiger partial charge in [-0.25, -0.2) is 4.39 Å². The van der Waals surface area contributed by atoms with Gasteiger partial charge in [-0.15, -0.1) is 0 Å². The fraction of sp³-hybridized carbons (Fsp3) is 0.389. The third-order valence-electron chi connectivity index (χ3n) is 4.43. The lowest BCUT2D eigenvalue weighted by Crippen LogP contribution is -2.34. The van der Waals surface area contributed by atoms with E-state index < -0.39 is 0 Å². The van der Waals surface area contributed by atoms with Gasteiger partial charge in [0.05, 0.1) is 0 Å². The highest BCUT2D eigenvalue weighted by atomic mass is 19.1. The van der Waals surface area contributed by atoms with E-state index in [1.165, 1.54) is 0 Å². The summed E-state index contributed by atoms with van der Waals surface area (Å²) in [5.41, 5.74) is 2.59. The molecule has 1 saturated heterocycles. The summed E-state index contributed by atoms with van der Waals surface area (Å²) >= 11 is 0. The molecule has 116 valence electrons. The first kappa shape index (κ1) is 15.1. The van der Waals surface area contributed by atoms with Crippen molar-refractivity contribution in [1.82, 2.24) is 9.88 Å². The molecule has 1 aromatic carbocycles. The van der Waals surface area contributed by atoms with Gasteiger partial charge in [0.1, 0.15) is 5.82 Å².